The maximum atomic E-state index is 10.1. The van der Waals surface area contributed by atoms with Crippen molar-refractivity contribution < 1.29 is 14.6 Å². The van der Waals surface area contributed by atoms with E-state index in [-0.39, 0.29) is 6.42 Å². The summed E-state index contributed by atoms with van der Waals surface area (Å²) in [5, 5.41) is 11.4. The van der Waals surface area contributed by atoms with Gasteiger partial charge in [-0.05, 0) is 19.9 Å². The molecule has 4 nitrogen and oxygen atoms in total. The van der Waals surface area contributed by atoms with Crippen molar-refractivity contribution in [2.75, 3.05) is 26.3 Å². The van der Waals surface area contributed by atoms with Crippen LogP contribution in [0.2, 0.25) is 0 Å². The Morgan fingerprint density at radius 1 is 1.50 bits per heavy atom. The van der Waals surface area contributed by atoms with E-state index in [1.165, 1.54) is 0 Å². The lowest BCUT2D eigenvalue weighted by Gasteiger charge is -2.04. The molecule has 4 heteroatoms. The lowest BCUT2D eigenvalue weighted by atomic mass is 10.3. The van der Waals surface area contributed by atoms with Gasteiger partial charge >= 0.3 is 5.97 Å². The van der Waals surface area contributed by atoms with Crippen molar-refractivity contribution in [3.05, 3.63) is 12.2 Å². The van der Waals surface area contributed by atoms with Crippen LogP contribution in [0.15, 0.2) is 12.2 Å². The monoisotopic (exact) mass is 201 g/mol. The molecule has 14 heavy (non-hydrogen) atoms. The van der Waals surface area contributed by atoms with Gasteiger partial charge in [0.15, 0.2) is 0 Å². The van der Waals surface area contributed by atoms with Gasteiger partial charge in [0.25, 0.3) is 0 Å². The first-order valence-electron chi connectivity index (χ1n) is 4.77. The molecule has 0 aliphatic rings. The summed E-state index contributed by atoms with van der Waals surface area (Å²) in [6.07, 6.45) is 0.884. The molecule has 0 radical (unpaired) electrons. The fraction of sp³-hybridized carbons (Fsp3) is 0.700. The summed E-state index contributed by atoms with van der Waals surface area (Å²) in [5.74, 6) is -0.745. The first-order valence-corrected chi connectivity index (χ1v) is 4.77. The van der Waals surface area contributed by atoms with Gasteiger partial charge in [0.05, 0.1) is 13.2 Å². The smallest absolute Gasteiger partial charge is 0.303 e. The fourth-order valence-electron chi connectivity index (χ4n) is 0.880. The number of nitrogens with one attached hydrogen (secondary N) is 1. The van der Waals surface area contributed by atoms with Gasteiger partial charge in [-0.2, -0.15) is 0 Å². The van der Waals surface area contributed by atoms with Gasteiger partial charge in [-0.25, -0.2) is 0 Å². The van der Waals surface area contributed by atoms with Crippen LogP contribution in [0.5, 0.6) is 0 Å². The second-order valence-corrected chi connectivity index (χ2v) is 3.26. The fourth-order valence-corrected chi connectivity index (χ4v) is 0.880. The minimum absolute atomic E-state index is 0.222. The molecule has 82 valence electrons. The zero-order chi connectivity index (χ0) is 10.8. The zero-order valence-corrected chi connectivity index (χ0v) is 8.71. The highest BCUT2D eigenvalue weighted by Gasteiger charge is 1.95. The molecule has 2 N–H and O–H groups in total. The Kier molecular flexibility index (Phi) is 8.17. The molecule has 0 saturated heterocycles. The van der Waals surface area contributed by atoms with E-state index < -0.39 is 5.97 Å². The number of rotatable bonds is 9. The molecule has 0 atom stereocenters. The Morgan fingerprint density at radius 2 is 2.21 bits per heavy atom. The highest BCUT2D eigenvalue weighted by atomic mass is 16.5. The normalized spacial score (nSPS) is 10.1. The van der Waals surface area contributed by atoms with Gasteiger partial charge in [-0.15, -0.1) is 0 Å². The van der Waals surface area contributed by atoms with E-state index in [4.69, 9.17) is 9.84 Å². The third kappa shape index (κ3) is 11.1. The van der Waals surface area contributed by atoms with Crippen molar-refractivity contribution in [3.63, 3.8) is 0 Å². The second-order valence-electron chi connectivity index (χ2n) is 3.26. The van der Waals surface area contributed by atoms with Gasteiger partial charge in [0, 0.05) is 13.0 Å². The van der Waals surface area contributed by atoms with Crippen molar-refractivity contribution in [3.8, 4) is 0 Å². The number of ether oxygens (including phenoxy) is 1. The average Bonchev–Trinajstić information content (AvgIpc) is 2.08. The molecule has 0 aliphatic heterocycles. The van der Waals surface area contributed by atoms with E-state index in [0.717, 1.165) is 18.7 Å². The summed E-state index contributed by atoms with van der Waals surface area (Å²) in [7, 11) is 0. The van der Waals surface area contributed by atoms with E-state index in [9.17, 15) is 4.79 Å². The first-order chi connectivity index (χ1) is 6.63. The Labute approximate surface area is 85.0 Å². The molecule has 0 amide bonds. The van der Waals surface area contributed by atoms with Crippen LogP contribution in [-0.2, 0) is 9.53 Å². The molecule has 0 heterocycles. The molecular formula is C10H19NO3. The lowest BCUT2D eigenvalue weighted by molar-refractivity contribution is -0.137. The summed E-state index contributed by atoms with van der Waals surface area (Å²) in [5.41, 5.74) is 1.01. The molecule has 0 rings (SSSR count). The number of hydrogen-bond donors (Lipinski definition) is 2. The first kappa shape index (κ1) is 13.1. The van der Waals surface area contributed by atoms with E-state index >= 15 is 0 Å². The van der Waals surface area contributed by atoms with Crippen LogP contribution in [0.3, 0.4) is 0 Å². The van der Waals surface area contributed by atoms with Gasteiger partial charge in [-0.3, -0.25) is 4.79 Å². The Hall–Kier alpha value is -0.870. The maximum Gasteiger partial charge on any atom is 0.303 e. The van der Waals surface area contributed by atoms with Crippen molar-refractivity contribution in [1.82, 2.24) is 5.32 Å². The molecule has 0 saturated carbocycles. The maximum absolute atomic E-state index is 10.1. The number of carbonyl (C=O) groups is 1. The van der Waals surface area contributed by atoms with Crippen LogP contribution in [0, 0.1) is 0 Å². The molecule has 0 bridgehead atoms. The zero-order valence-electron chi connectivity index (χ0n) is 8.71. The third-order valence-electron chi connectivity index (χ3n) is 1.52. The van der Waals surface area contributed by atoms with E-state index in [1.54, 1.807) is 0 Å². The minimum Gasteiger partial charge on any atom is -0.481 e. The van der Waals surface area contributed by atoms with Crippen LogP contribution in [0.4, 0.5) is 0 Å². The third-order valence-corrected chi connectivity index (χ3v) is 1.52. The van der Waals surface area contributed by atoms with Crippen molar-refractivity contribution in [1.29, 1.82) is 0 Å². The van der Waals surface area contributed by atoms with Gasteiger partial charge < -0.3 is 15.2 Å². The van der Waals surface area contributed by atoms with E-state index in [1.807, 2.05) is 6.92 Å². The highest BCUT2D eigenvalue weighted by molar-refractivity contribution is 5.66. The standard InChI is InChI=1S/C10H19NO3/c1-9(2)8-14-7-6-11-5-3-4-10(12)13/h11H,1,3-8H2,2H3,(H,12,13). The second kappa shape index (κ2) is 8.72. The molecule has 0 unspecified atom stereocenters. The van der Waals surface area contributed by atoms with Crippen molar-refractivity contribution in [2.24, 2.45) is 0 Å². The average molecular weight is 201 g/mol. The summed E-state index contributed by atoms with van der Waals surface area (Å²) < 4.78 is 5.24. The molecule has 0 spiro atoms. The number of hydrogen-bond acceptors (Lipinski definition) is 3. The topological polar surface area (TPSA) is 58.6 Å². The van der Waals surface area contributed by atoms with Gasteiger partial charge in [0.2, 0.25) is 0 Å². The molecule has 0 aromatic carbocycles. The predicted molar refractivity (Wildman–Crippen MR) is 55.4 cm³/mol. The van der Waals surface area contributed by atoms with Crippen molar-refractivity contribution in [2.45, 2.75) is 19.8 Å². The molecule has 0 aromatic heterocycles. The largest absolute Gasteiger partial charge is 0.481 e. The molecular weight excluding hydrogens is 182 g/mol. The van der Waals surface area contributed by atoms with Crippen LogP contribution in [0.1, 0.15) is 19.8 Å². The van der Waals surface area contributed by atoms with Crippen LogP contribution >= 0.6 is 0 Å². The Balaban J connectivity index is 2.99. The van der Waals surface area contributed by atoms with Crippen LogP contribution in [-0.4, -0.2) is 37.4 Å². The quantitative estimate of drug-likeness (QED) is 0.432. The SMILES string of the molecule is C=C(C)COCCNCCCC(=O)O. The number of aliphatic carboxylic acids is 1. The summed E-state index contributed by atoms with van der Waals surface area (Å²) >= 11 is 0. The molecule has 0 aromatic rings. The van der Waals surface area contributed by atoms with E-state index in [0.29, 0.717) is 19.6 Å². The Bertz CT molecular complexity index is 160. The highest BCUT2D eigenvalue weighted by Crippen LogP contribution is 1.88. The summed E-state index contributed by atoms with van der Waals surface area (Å²) in [6.45, 7) is 8.34. The minimum atomic E-state index is -0.745. The lowest BCUT2D eigenvalue weighted by Crippen LogP contribution is -2.21. The predicted octanol–water partition coefficient (Wildman–Crippen LogP) is 1.03. The van der Waals surface area contributed by atoms with Crippen LogP contribution in [0.25, 0.3) is 0 Å². The summed E-state index contributed by atoms with van der Waals surface area (Å²) in [4.78, 5) is 10.1. The van der Waals surface area contributed by atoms with E-state index in [2.05, 4.69) is 11.9 Å². The van der Waals surface area contributed by atoms with Crippen LogP contribution < -0.4 is 5.32 Å². The molecule has 0 aliphatic carbocycles. The number of carboxylic acids is 1. The Morgan fingerprint density at radius 3 is 2.79 bits per heavy atom. The van der Waals surface area contributed by atoms with Gasteiger partial charge in [-0.1, -0.05) is 12.2 Å². The number of carboxylic acid groups (broad SMARTS) is 1. The summed E-state index contributed by atoms with van der Waals surface area (Å²) in [6, 6.07) is 0. The van der Waals surface area contributed by atoms with Crippen molar-refractivity contribution >= 4 is 5.97 Å². The van der Waals surface area contributed by atoms with Gasteiger partial charge in [0.1, 0.15) is 0 Å². The molecule has 0 fully saturated rings.